The zero-order chi connectivity index (χ0) is 15.4. The van der Waals surface area contributed by atoms with Gasteiger partial charge in [-0.05, 0) is 35.2 Å². The molecule has 0 unspecified atom stereocenters. The second kappa shape index (κ2) is 6.64. The molecule has 4 heteroatoms. The fourth-order valence-corrected chi connectivity index (χ4v) is 2.15. The third-order valence-corrected chi connectivity index (χ3v) is 3.69. The topological polar surface area (TPSA) is 55.1 Å². The quantitative estimate of drug-likeness (QED) is 0.839. The van der Waals surface area contributed by atoms with Gasteiger partial charge in [-0.2, -0.15) is 0 Å². The Morgan fingerprint density at radius 3 is 2.43 bits per heavy atom. The van der Waals surface area contributed by atoms with Crippen molar-refractivity contribution in [3.8, 4) is 0 Å². The summed E-state index contributed by atoms with van der Waals surface area (Å²) in [5.41, 5.74) is 8.96. The zero-order valence-electron chi connectivity index (χ0n) is 12.2. The van der Waals surface area contributed by atoms with Crippen LogP contribution in [-0.4, -0.2) is 5.91 Å². The maximum atomic E-state index is 12.0. The van der Waals surface area contributed by atoms with Gasteiger partial charge < -0.3 is 11.1 Å². The van der Waals surface area contributed by atoms with Gasteiger partial charge in [0.05, 0.1) is 10.7 Å². The molecule has 3 N–H and O–H groups in total. The zero-order valence-corrected chi connectivity index (χ0v) is 12.9. The number of carbonyl (C=O) groups excluding carboxylic acids is 1. The van der Waals surface area contributed by atoms with Gasteiger partial charge in [0.25, 0.3) is 5.91 Å². The van der Waals surface area contributed by atoms with Crippen LogP contribution >= 0.6 is 11.6 Å². The van der Waals surface area contributed by atoms with Crippen LogP contribution in [0.1, 0.15) is 41.3 Å². The molecular weight excluding hydrogens is 284 g/mol. The number of halogens is 1. The lowest BCUT2D eigenvalue weighted by molar-refractivity contribution is 0.0951. The number of anilines is 1. The Bertz CT molecular complexity index is 636. The molecule has 0 aromatic heterocycles. The maximum absolute atomic E-state index is 12.0. The maximum Gasteiger partial charge on any atom is 0.251 e. The molecule has 0 aliphatic rings. The first kappa shape index (κ1) is 15.4. The number of hydrogen-bond donors (Lipinski definition) is 2. The van der Waals surface area contributed by atoms with E-state index in [9.17, 15) is 4.79 Å². The van der Waals surface area contributed by atoms with E-state index in [0.29, 0.717) is 28.7 Å². The Morgan fingerprint density at radius 1 is 1.19 bits per heavy atom. The molecule has 3 nitrogen and oxygen atoms in total. The summed E-state index contributed by atoms with van der Waals surface area (Å²) in [6, 6.07) is 13.1. The van der Waals surface area contributed by atoms with E-state index >= 15 is 0 Å². The monoisotopic (exact) mass is 302 g/mol. The van der Waals surface area contributed by atoms with E-state index in [1.54, 1.807) is 18.2 Å². The summed E-state index contributed by atoms with van der Waals surface area (Å²) in [4.78, 5) is 12.0. The summed E-state index contributed by atoms with van der Waals surface area (Å²) in [6.45, 7) is 4.79. The van der Waals surface area contributed by atoms with Crippen LogP contribution in [0.2, 0.25) is 5.02 Å². The van der Waals surface area contributed by atoms with Crippen molar-refractivity contribution in [2.24, 2.45) is 0 Å². The molecular formula is C17H19ClN2O. The molecule has 0 saturated heterocycles. The standard InChI is InChI=1S/C17H19ClN2O/c1-11(2)13-5-3-12(4-6-13)10-20-17(21)14-7-8-16(19)15(18)9-14/h3-9,11H,10,19H2,1-2H3,(H,20,21). The summed E-state index contributed by atoms with van der Waals surface area (Å²) in [5.74, 6) is 0.343. The molecule has 0 saturated carbocycles. The van der Waals surface area contributed by atoms with Crippen molar-refractivity contribution in [3.05, 3.63) is 64.2 Å². The number of nitrogens with two attached hydrogens (primary N) is 1. The largest absolute Gasteiger partial charge is 0.398 e. The van der Waals surface area contributed by atoms with Gasteiger partial charge in [0, 0.05) is 12.1 Å². The Balaban J connectivity index is 1.98. The van der Waals surface area contributed by atoms with Crippen molar-refractivity contribution >= 4 is 23.2 Å². The predicted octanol–water partition coefficient (Wildman–Crippen LogP) is 3.98. The van der Waals surface area contributed by atoms with Crippen molar-refractivity contribution in [2.75, 3.05) is 5.73 Å². The number of nitrogens with one attached hydrogen (secondary N) is 1. The lowest BCUT2D eigenvalue weighted by atomic mass is 10.0. The van der Waals surface area contributed by atoms with Crippen LogP contribution in [-0.2, 0) is 6.54 Å². The van der Waals surface area contributed by atoms with Gasteiger partial charge in [-0.1, -0.05) is 49.7 Å². The van der Waals surface area contributed by atoms with E-state index in [4.69, 9.17) is 17.3 Å². The summed E-state index contributed by atoms with van der Waals surface area (Å²) in [6.07, 6.45) is 0. The van der Waals surface area contributed by atoms with E-state index in [1.807, 2.05) is 12.1 Å². The van der Waals surface area contributed by atoms with Crippen LogP contribution in [0.5, 0.6) is 0 Å². The van der Waals surface area contributed by atoms with Crippen LogP contribution in [0.15, 0.2) is 42.5 Å². The number of benzene rings is 2. The van der Waals surface area contributed by atoms with Crippen LogP contribution in [0.25, 0.3) is 0 Å². The highest BCUT2D eigenvalue weighted by atomic mass is 35.5. The van der Waals surface area contributed by atoms with Gasteiger partial charge in [-0.15, -0.1) is 0 Å². The van der Waals surface area contributed by atoms with Gasteiger partial charge in [-0.25, -0.2) is 0 Å². The lowest BCUT2D eigenvalue weighted by Gasteiger charge is -2.09. The van der Waals surface area contributed by atoms with Crippen molar-refractivity contribution in [2.45, 2.75) is 26.3 Å². The van der Waals surface area contributed by atoms with Gasteiger partial charge in [0.1, 0.15) is 0 Å². The molecule has 0 fully saturated rings. The molecule has 0 aliphatic carbocycles. The smallest absolute Gasteiger partial charge is 0.251 e. The molecule has 2 aromatic rings. The van der Waals surface area contributed by atoms with Crippen LogP contribution in [0.3, 0.4) is 0 Å². The molecule has 110 valence electrons. The Hall–Kier alpha value is -2.00. The first-order chi connectivity index (χ1) is 9.97. The van der Waals surface area contributed by atoms with Gasteiger partial charge in [0.2, 0.25) is 0 Å². The average molecular weight is 303 g/mol. The highest BCUT2D eigenvalue weighted by Gasteiger charge is 2.07. The summed E-state index contributed by atoms with van der Waals surface area (Å²) >= 11 is 5.92. The minimum Gasteiger partial charge on any atom is -0.398 e. The highest BCUT2D eigenvalue weighted by molar-refractivity contribution is 6.33. The summed E-state index contributed by atoms with van der Waals surface area (Å²) < 4.78 is 0. The molecule has 0 bridgehead atoms. The van der Waals surface area contributed by atoms with Crippen molar-refractivity contribution < 1.29 is 4.79 Å². The molecule has 0 spiro atoms. The van der Waals surface area contributed by atoms with E-state index in [0.717, 1.165) is 5.56 Å². The SMILES string of the molecule is CC(C)c1ccc(CNC(=O)c2ccc(N)c(Cl)c2)cc1. The molecule has 0 heterocycles. The van der Waals surface area contributed by atoms with Gasteiger partial charge >= 0.3 is 0 Å². The number of nitrogen functional groups attached to an aromatic ring is 1. The lowest BCUT2D eigenvalue weighted by Crippen LogP contribution is -2.22. The van der Waals surface area contributed by atoms with Crippen LogP contribution in [0.4, 0.5) is 5.69 Å². The highest BCUT2D eigenvalue weighted by Crippen LogP contribution is 2.19. The van der Waals surface area contributed by atoms with E-state index in [-0.39, 0.29) is 5.91 Å². The van der Waals surface area contributed by atoms with E-state index in [2.05, 4.69) is 31.3 Å². The first-order valence-electron chi connectivity index (χ1n) is 6.89. The van der Waals surface area contributed by atoms with E-state index in [1.165, 1.54) is 5.56 Å². The third-order valence-electron chi connectivity index (χ3n) is 3.36. The number of hydrogen-bond acceptors (Lipinski definition) is 2. The minimum atomic E-state index is -0.162. The molecule has 21 heavy (non-hydrogen) atoms. The van der Waals surface area contributed by atoms with Crippen molar-refractivity contribution in [3.63, 3.8) is 0 Å². The molecule has 2 aromatic carbocycles. The van der Waals surface area contributed by atoms with Gasteiger partial charge in [-0.3, -0.25) is 4.79 Å². The first-order valence-corrected chi connectivity index (χ1v) is 7.27. The third kappa shape index (κ3) is 3.99. The predicted molar refractivity (Wildman–Crippen MR) is 87.6 cm³/mol. The molecule has 2 rings (SSSR count). The molecule has 0 radical (unpaired) electrons. The second-order valence-corrected chi connectivity index (χ2v) is 5.72. The second-order valence-electron chi connectivity index (χ2n) is 5.32. The fraction of sp³-hybridized carbons (Fsp3) is 0.235. The average Bonchev–Trinajstić information content (AvgIpc) is 2.48. The Labute approximate surface area is 130 Å². The molecule has 0 atom stereocenters. The molecule has 1 amide bonds. The van der Waals surface area contributed by atoms with Crippen molar-refractivity contribution in [1.29, 1.82) is 0 Å². The van der Waals surface area contributed by atoms with Crippen molar-refractivity contribution in [1.82, 2.24) is 5.32 Å². The van der Waals surface area contributed by atoms with Crippen LogP contribution < -0.4 is 11.1 Å². The normalized spacial score (nSPS) is 10.7. The Kier molecular flexibility index (Phi) is 4.86. The summed E-state index contributed by atoms with van der Waals surface area (Å²) in [5, 5.41) is 3.26. The minimum absolute atomic E-state index is 0.162. The summed E-state index contributed by atoms with van der Waals surface area (Å²) in [7, 11) is 0. The van der Waals surface area contributed by atoms with E-state index < -0.39 is 0 Å². The Morgan fingerprint density at radius 2 is 1.86 bits per heavy atom. The fourth-order valence-electron chi connectivity index (χ4n) is 1.97. The van der Waals surface area contributed by atoms with Gasteiger partial charge in [0.15, 0.2) is 0 Å². The number of amides is 1. The number of carbonyl (C=O) groups is 1. The number of rotatable bonds is 4. The van der Waals surface area contributed by atoms with Crippen LogP contribution in [0, 0.1) is 0 Å². The molecule has 0 aliphatic heterocycles.